The largest absolute Gasteiger partial charge is 0.462 e. The number of esters is 1. The van der Waals surface area contributed by atoms with Crippen LogP contribution in [0.25, 0.3) is 0 Å². The van der Waals surface area contributed by atoms with Gasteiger partial charge in [0.1, 0.15) is 4.90 Å². The lowest BCUT2D eigenvalue weighted by molar-refractivity contribution is 0.0499. The lowest BCUT2D eigenvalue weighted by Crippen LogP contribution is -2.19. The molecular formula is C13H20N2O4S. The van der Waals surface area contributed by atoms with E-state index in [1.165, 1.54) is 18.2 Å². The molecule has 0 aliphatic carbocycles. The van der Waals surface area contributed by atoms with Gasteiger partial charge < -0.3 is 9.64 Å². The van der Waals surface area contributed by atoms with Gasteiger partial charge in [0.05, 0.1) is 17.9 Å². The van der Waals surface area contributed by atoms with Crippen molar-refractivity contribution in [1.82, 2.24) is 0 Å². The van der Waals surface area contributed by atoms with Gasteiger partial charge in [0.2, 0.25) is 10.0 Å². The number of hydrogen-bond acceptors (Lipinski definition) is 5. The van der Waals surface area contributed by atoms with E-state index in [4.69, 9.17) is 9.88 Å². The molecule has 0 aliphatic heterocycles. The molecule has 112 valence electrons. The van der Waals surface area contributed by atoms with Gasteiger partial charge in [-0.15, -0.1) is 0 Å². The molecule has 6 nitrogen and oxygen atoms in total. The van der Waals surface area contributed by atoms with Crippen LogP contribution in [-0.4, -0.2) is 35.1 Å². The molecule has 1 aromatic carbocycles. The number of carbonyl (C=O) groups is 1. The predicted octanol–water partition coefficient (Wildman–Crippen LogP) is 1.36. The van der Waals surface area contributed by atoms with Gasteiger partial charge in [0.15, 0.2) is 0 Å². The number of anilines is 1. The second-order valence-corrected chi connectivity index (χ2v) is 6.14. The minimum absolute atomic E-state index is 0.0903. The van der Waals surface area contributed by atoms with Crippen LogP contribution in [0.2, 0.25) is 0 Å². The summed E-state index contributed by atoms with van der Waals surface area (Å²) in [5.74, 6) is -0.548. The molecule has 0 fully saturated rings. The summed E-state index contributed by atoms with van der Waals surface area (Å²) in [5.41, 5.74) is 0.605. The molecule has 0 unspecified atom stereocenters. The summed E-state index contributed by atoms with van der Waals surface area (Å²) in [7, 11) is -0.514. The molecule has 0 aromatic heterocycles. The Morgan fingerprint density at radius 3 is 2.50 bits per heavy atom. The van der Waals surface area contributed by atoms with Crippen molar-refractivity contribution in [3.05, 3.63) is 23.8 Å². The Kier molecular flexibility index (Phi) is 5.52. The van der Waals surface area contributed by atoms with Crippen molar-refractivity contribution in [2.24, 2.45) is 5.14 Å². The highest BCUT2D eigenvalue weighted by Gasteiger charge is 2.19. The number of rotatable bonds is 6. The number of primary sulfonamides is 1. The standard InChI is InChI=1S/C13H20N2O4S/c1-4-5-8-19-13(16)10-6-7-11(15(2)3)12(9-10)20(14,17)18/h6-7,9H,4-5,8H2,1-3H3,(H2,14,17,18). The predicted molar refractivity (Wildman–Crippen MR) is 77.3 cm³/mol. The van der Waals surface area contributed by atoms with Crippen molar-refractivity contribution < 1.29 is 17.9 Å². The molecule has 0 saturated heterocycles. The van der Waals surface area contributed by atoms with Crippen LogP contribution in [0.4, 0.5) is 5.69 Å². The van der Waals surface area contributed by atoms with Crippen LogP contribution < -0.4 is 10.0 Å². The first kappa shape index (κ1) is 16.5. The molecule has 1 aromatic rings. The first-order valence-corrected chi connectivity index (χ1v) is 7.83. The van der Waals surface area contributed by atoms with Crippen LogP contribution in [-0.2, 0) is 14.8 Å². The minimum atomic E-state index is -3.91. The summed E-state index contributed by atoms with van der Waals surface area (Å²) in [6.45, 7) is 2.30. The maximum atomic E-state index is 11.8. The first-order valence-electron chi connectivity index (χ1n) is 6.28. The van der Waals surface area contributed by atoms with Gasteiger partial charge in [-0.1, -0.05) is 13.3 Å². The zero-order valence-electron chi connectivity index (χ0n) is 11.9. The molecule has 0 heterocycles. The quantitative estimate of drug-likeness (QED) is 0.633. The summed E-state index contributed by atoms with van der Waals surface area (Å²) < 4.78 is 28.2. The van der Waals surface area contributed by atoms with E-state index in [1.54, 1.807) is 19.0 Å². The minimum Gasteiger partial charge on any atom is -0.462 e. The van der Waals surface area contributed by atoms with E-state index in [-0.39, 0.29) is 10.5 Å². The third-order valence-electron chi connectivity index (χ3n) is 2.71. The number of carbonyl (C=O) groups excluding carboxylic acids is 1. The van der Waals surface area contributed by atoms with E-state index >= 15 is 0 Å². The fourth-order valence-corrected chi connectivity index (χ4v) is 2.46. The van der Waals surface area contributed by atoms with Gasteiger partial charge in [0.25, 0.3) is 0 Å². The fourth-order valence-electron chi connectivity index (χ4n) is 1.63. The van der Waals surface area contributed by atoms with Gasteiger partial charge in [-0.05, 0) is 24.6 Å². The average molecular weight is 300 g/mol. The number of hydrogen-bond donors (Lipinski definition) is 1. The van der Waals surface area contributed by atoms with Crippen LogP contribution in [0.5, 0.6) is 0 Å². The number of nitrogens with two attached hydrogens (primary N) is 1. The second kappa shape index (κ2) is 6.71. The molecule has 0 amide bonds. The number of unbranched alkanes of at least 4 members (excludes halogenated alkanes) is 1. The molecule has 0 spiro atoms. The van der Waals surface area contributed by atoms with E-state index in [2.05, 4.69) is 0 Å². The average Bonchev–Trinajstić information content (AvgIpc) is 2.37. The van der Waals surface area contributed by atoms with E-state index in [1.807, 2.05) is 6.92 Å². The summed E-state index contributed by atoms with van der Waals surface area (Å²) in [4.78, 5) is 13.3. The maximum Gasteiger partial charge on any atom is 0.338 e. The van der Waals surface area contributed by atoms with E-state index in [0.717, 1.165) is 12.8 Å². The van der Waals surface area contributed by atoms with Gasteiger partial charge >= 0.3 is 5.97 Å². The third-order valence-corrected chi connectivity index (χ3v) is 3.65. The SMILES string of the molecule is CCCCOC(=O)c1ccc(N(C)C)c(S(N)(=O)=O)c1. The van der Waals surface area contributed by atoms with Crippen LogP contribution in [0, 0.1) is 0 Å². The Morgan fingerprint density at radius 2 is 2.00 bits per heavy atom. The smallest absolute Gasteiger partial charge is 0.338 e. The van der Waals surface area contributed by atoms with E-state index in [9.17, 15) is 13.2 Å². The summed E-state index contributed by atoms with van der Waals surface area (Å²) in [6.07, 6.45) is 1.68. The highest BCUT2D eigenvalue weighted by Crippen LogP contribution is 2.24. The Bertz CT molecular complexity index is 582. The number of benzene rings is 1. The molecule has 7 heteroatoms. The zero-order chi connectivity index (χ0) is 15.3. The summed E-state index contributed by atoms with van der Waals surface area (Å²) in [5, 5.41) is 5.18. The van der Waals surface area contributed by atoms with Crippen LogP contribution in [0.15, 0.2) is 23.1 Å². The monoisotopic (exact) mass is 300 g/mol. The topological polar surface area (TPSA) is 89.7 Å². The van der Waals surface area contributed by atoms with Crippen molar-refractivity contribution in [1.29, 1.82) is 0 Å². The number of sulfonamides is 1. The summed E-state index contributed by atoms with van der Waals surface area (Å²) >= 11 is 0. The highest BCUT2D eigenvalue weighted by atomic mass is 32.2. The number of nitrogens with zero attached hydrogens (tertiary/aromatic N) is 1. The van der Waals surface area contributed by atoms with Crippen molar-refractivity contribution in [2.45, 2.75) is 24.7 Å². The second-order valence-electron chi connectivity index (χ2n) is 4.61. The maximum absolute atomic E-state index is 11.8. The molecular weight excluding hydrogens is 280 g/mol. The summed E-state index contributed by atoms with van der Waals surface area (Å²) in [6, 6.07) is 4.31. The third kappa shape index (κ3) is 4.21. The molecule has 20 heavy (non-hydrogen) atoms. The van der Waals surface area contributed by atoms with Crippen LogP contribution in [0.1, 0.15) is 30.1 Å². The van der Waals surface area contributed by atoms with Gasteiger partial charge in [0, 0.05) is 14.1 Å². The fraction of sp³-hybridized carbons (Fsp3) is 0.462. The van der Waals surface area contributed by atoms with Crippen LogP contribution >= 0.6 is 0 Å². The normalized spacial score (nSPS) is 11.2. The van der Waals surface area contributed by atoms with Crippen molar-refractivity contribution in [3.63, 3.8) is 0 Å². The molecule has 1 rings (SSSR count). The van der Waals surface area contributed by atoms with E-state index < -0.39 is 16.0 Å². The first-order chi connectivity index (χ1) is 9.27. The highest BCUT2D eigenvalue weighted by molar-refractivity contribution is 7.89. The van der Waals surface area contributed by atoms with Crippen molar-refractivity contribution in [2.75, 3.05) is 25.6 Å². The zero-order valence-corrected chi connectivity index (χ0v) is 12.7. The molecule has 0 aliphatic rings. The van der Waals surface area contributed by atoms with Gasteiger partial charge in [-0.3, -0.25) is 0 Å². The van der Waals surface area contributed by atoms with E-state index in [0.29, 0.717) is 12.3 Å². The molecule has 2 N–H and O–H groups in total. The lowest BCUT2D eigenvalue weighted by atomic mass is 10.2. The van der Waals surface area contributed by atoms with Crippen LogP contribution in [0.3, 0.4) is 0 Å². The Labute approximate surface area is 119 Å². The molecule has 0 saturated carbocycles. The molecule has 0 bridgehead atoms. The Morgan fingerprint density at radius 1 is 1.35 bits per heavy atom. The van der Waals surface area contributed by atoms with Gasteiger partial charge in [-0.25, -0.2) is 18.4 Å². The van der Waals surface area contributed by atoms with Crippen molar-refractivity contribution >= 4 is 21.7 Å². The molecule has 0 radical (unpaired) electrons. The Balaban J connectivity index is 3.10. The molecule has 0 atom stereocenters. The van der Waals surface area contributed by atoms with Gasteiger partial charge in [-0.2, -0.15) is 0 Å². The lowest BCUT2D eigenvalue weighted by Gasteiger charge is -2.17. The van der Waals surface area contributed by atoms with Crippen molar-refractivity contribution in [3.8, 4) is 0 Å². The number of ether oxygens (including phenoxy) is 1. The Hall–Kier alpha value is -1.60.